The zero-order valence-electron chi connectivity index (χ0n) is 10.8. The fourth-order valence-electron chi connectivity index (χ4n) is 2.08. The van der Waals surface area contributed by atoms with Gasteiger partial charge in [-0.15, -0.1) is 0 Å². The van der Waals surface area contributed by atoms with Crippen LogP contribution in [0, 0.1) is 0 Å². The first-order valence-electron chi connectivity index (χ1n) is 5.80. The number of aromatic nitrogens is 1. The summed E-state index contributed by atoms with van der Waals surface area (Å²) in [6.45, 7) is 9.38. The van der Waals surface area contributed by atoms with Crippen molar-refractivity contribution in [3.05, 3.63) is 33.2 Å². The number of ketones is 1. The fraction of sp³-hybridized carbons (Fsp3) is 0.538. The first kappa shape index (κ1) is 12.0. The molecule has 0 aromatic carbocycles. The lowest BCUT2D eigenvalue weighted by molar-refractivity contribution is 0.101. The highest BCUT2D eigenvalue weighted by molar-refractivity contribution is 5.93. The van der Waals surface area contributed by atoms with Crippen molar-refractivity contribution in [2.75, 3.05) is 0 Å². The Morgan fingerprint density at radius 1 is 1.35 bits per heavy atom. The molecule has 0 saturated heterocycles. The molecule has 92 valence electrons. The number of hydrogen-bond donors (Lipinski definition) is 1. The van der Waals surface area contributed by atoms with Gasteiger partial charge in [0.1, 0.15) is 0 Å². The van der Waals surface area contributed by atoms with Crippen molar-refractivity contribution in [1.82, 2.24) is 9.88 Å². The Hall–Kier alpha value is -1.42. The van der Waals surface area contributed by atoms with E-state index in [4.69, 9.17) is 0 Å². The number of carbonyl (C=O) groups is 1. The molecule has 0 bridgehead atoms. The van der Waals surface area contributed by atoms with E-state index < -0.39 is 0 Å². The van der Waals surface area contributed by atoms with Crippen LogP contribution < -0.4 is 5.56 Å². The fourth-order valence-corrected chi connectivity index (χ4v) is 2.08. The second kappa shape index (κ2) is 3.81. The molecule has 1 aromatic heterocycles. The van der Waals surface area contributed by atoms with Gasteiger partial charge in [0.05, 0.1) is 5.56 Å². The highest BCUT2D eigenvalue weighted by Gasteiger charge is 2.29. The molecule has 1 aliphatic rings. The van der Waals surface area contributed by atoms with Crippen LogP contribution in [0.3, 0.4) is 0 Å². The molecule has 1 aliphatic heterocycles. The molecule has 4 nitrogen and oxygen atoms in total. The molecule has 1 aromatic rings. The number of H-pyrrole nitrogens is 1. The molecule has 17 heavy (non-hydrogen) atoms. The zero-order chi connectivity index (χ0) is 12.8. The van der Waals surface area contributed by atoms with Crippen LogP contribution in [-0.4, -0.2) is 21.2 Å². The van der Waals surface area contributed by atoms with Crippen LogP contribution in [0.1, 0.15) is 49.3 Å². The number of rotatable bonds is 1. The maximum Gasteiger partial charge on any atom is 0.259 e. The Morgan fingerprint density at radius 3 is 2.53 bits per heavy atom. The van der Waals surface area contributed by atoms with Crippen molar-refractivity contribution in [2.45, 2.75) is 46.3 Å². The molecule has 0 unspecified atom stereocenters. The molecule has 1 N–H and O–H groups in total. The zero-order valence-corrected chi connectivity index (χ0v) is 10.8. The van der Waals surface area contributed by atoms with Gasteiger partial charge in [-0.1, -0.05) is 0 Å². The maximum atomic E-state index is 11.7. The van der Waals surface area contributed by atoms with E-state index in [1.807, 2.05) is 0 Å². The number of Topliss-reactive ketones (excluding diaryl/α,β-unsaturated/α-hetero) is 1. The summed E-state index contributed by atoms with van der Waals surface area (Å²) in [6, 6.07) is 1.74. The van der Waals surface area contributed by atoms with Gasteiger partial charge in [-0.2, -0.15) is 0 Å². The van der Waals surface area contributed by atoms with Gasteiger partial charge in [-0.25, -0.2) is 0 Å². The van der Waals surface area contributed by atoms with E-state index >= 15 is 0 Å². The molecule has 4 heteroatoms. The standard InChI is InChI=1S/C13H18N2O2/c1-8(16)10-5-9-6-15(13(2,3)4)7-11(9)14-12(10)17/h5H,6-7H2,1-4H3,(H,14,17). The van der Waals surface area contributed by atoms with Gasteiger partial charge in [-0.05, 0) is 39.3 Å². The lowest BCUT2D eigenvalue weighted by atomic mass is 10.1. The highest BCUT2D eigenvalue weighted by atomic mass is 16.1. The summed E-state index contributed by atoms with van der Waals surface area (Å²) in [5, 5.41) is 0. The molecular weight excluding hydrogens is 216 g/mol. The van der Waals surface area contributed by atoms with Crippen molar-refractivity contribution in [3.63, 3.8) is 0 Å². The van der Waals surface area contributed by atoms with Crippen LogP contribution in [0.25, 0.3) is 0 Å². The third-order valence-corrected chi connectivity index (χ3v) is 3.25. The Morgan fingerprint density at radius 2 is 2.00 bits per heavy atom. The summed E-state index contributed by atoms with van der Waals surface area (Å²) in [4.78, 5) is 28.1. The molecule has 0 radical (unpaired) electrons. The van der Waals surface area contributed by atoms with Crippen LogP contribution in [0.4, 0.5) is 0 Å². The number of fused-ring (bicyclic) bond motifs is 1. The van der Waals surface area contributed by atoms with E-state index in [1.54, 1.807) is 6.07 Å². The largest absolute Gasteiger partial charge is 0.324 e. The number of carbonyl (C=O) groups excluding carboxylic acids is 1. The number of nitrogens with zero attached hydrogens (tertiary/aromatic N) is 1. The first-order valence-corrected chi connectivity index (χ1v) is 5.80. The number of aromatic amines is 1. The van der Waals surface area contributed by atoms with Crippen molar-refractivity contribution in [3.8, 4) is 0 Å². The Bertz CT molecular complexity index is 523. The highest BCUT2D eigenvalue weighted by Crippen LogP contribution is 2.27. The lowest BCUT2D eigenvalue weighted by Gasteiger charge is -2.31. The Kier molecular flexibility index (Phi) is 2.70. The number of nitrogens with one attached hydrogen (secondary N) is 1. The maximum absolute atomic E-state index is 11.7. The van der Waals surface area contributed by atoms with Crippen molar-refractivity contribution >= 4 is 5.78 Å². The second-order valence-electron chi connectivity index (χ2n) is 5.60. The first-order chi connectivity index (χ1) is 7.79. The molecule has 2 heterocycles. The molecule has 0 spiro atoms. The van der Waals surface area contributed by atoms with E-state index in [0.717, 1.165) is 24.3 Å². The molecular formula is C13H18N2O2. The predicted molar refractivity (Wildman–Crippen MR) is 66.1 cm³/mol. The Balaban J connectivity index is 2.41. The minimum absolute atomic E-state index is 0.0618. The molecule has 0 saturated carbocycles. The third kappa shape index (κ3) is 2.17. The number of hydrogen-bond acceptors (Lipinski definition) is 3. The van der Waals surface area contributed by atoms with Crippen molar-refractivity contribution in [2.24, 2.45) is 0 Å². The van der Waals surface area contributed by atoms with Gasteiger partial charge in [0.15, 0.2) is 5.78 Å². The normalized spacial score (nSPS) is 16.0. The van der Waals surface area contributed by atoms with E-state index in [9.17, 15) is 9.59 Å². The molecule has 2 rings (SSSR count). The monoisotopic (exact) mass is 234 g/mol. The van der Waals surface area contributed by atoms with Crippen molar-refractivity contribution in [1.29, 1.82) is 0 Å². The minimum Gasteiger partial charge on any atom is -0.324 e. The quantitative estimate of drug-likeness (QED) is 0.752. The summed E-state index contributed by atoms with van der Waals surface area (Å²) >= 11 is 0. The molecule has 0 amide bonds. The van der Waals surface area contributed by atoms with Gasteiger partial charge in [0.2, 0.25) is 0 Å². The van der Waals surface area contributed by atoms with Crippen molar-refractivity contribution < 1.29 is 4.79 Å². The van der Waals surface area contributed by atoms with Crippen LogP contribution in [0.2, 0.25) is 0 Å². The average Bonchev–Trinajstić information content (AvgIpc) is 2.58. The summed E-state index contributed by atoms with van der Waals surface area (Å²) in [5.41, 5.74) is 2.05. The topological polar surface area (TPSA) is 53.2 Å². The predicted octanol–water partition coefficient (Wildman–Crippen LogP) is 1.69. The Labute approximate surface area is 101 Å². The van der Waals surface area contributed by atoms with Crippen LogP contribution in [0.15, 0.2) is 10.9 Å². The summed E-state index contributed by atoms with van der Waals surface area (Å²) in [7, 11) is 0. The molecule has 0 atom stereocenters. The van der Waals surface area contributed by atoms with E-state index in [2.05, 4.69) is 30.7 Å². The van der Waals surface area contributed by atoms with E-state index in [-0.39, 0.29) is 22.4 Å². The minimum atomic E-state index is -0.271. The molecule has 0 fully saturated rings. The van der Waals surface area contributed by atoms with E-state index in [0.29, 0.717) is 0 Å². The second-order valence-corrected chi connectivity index (χ2v) is 5.60. The average molecular weight is 234 g/mol. The SMILES string of the molecule is CC(=O)c1cc2c([nH]c1=O)CN(C(C)(C)C)C2. The van der Waals surface area contributed by atoms with Crippen LogP contribution >= 0.6 is 0 Å². The third-order valence-electron chi connectivity index (χ3n) is 3.25. The summed E-state index contributed by atoms with van der Waals surface area (Å²) in [5.74, 6) is -0.178. The lowest BCUT2D eigenvalue weighted by Crippen LogP contribution is -2.36. The van der Waals surface area contributed by atoms with Gasteiger partial charge < -0.3 is 4.98 Å². The smallest absolute Gasteiger partial charge is 0.259 e. The molecule has 0 aliphatic carbocycles. The van der Waals surface area contributed by atoms with E-state index in [1.165, 1.54) is 6.92 Å². The van der Waals surface area contributed by atoms with Crippen LogP contribution in [0.5, 0.6) is 0 Å². The van der Waals surface area contributed by atoms with Gasteiger partial charge >= 0.3 is 0 Å². The van der Waals surface area contributed by atoms with Gasteiger partial charge in [-0.3, -0.25) is 14.5 Å². The summed E-state index contributed by atoms with van der Waals surface area (Å²) < 4.78 is 0. The summed E-state index contributed by atoms with van der Waals surface area (Å²) in [6.07, 6.45) is 0. The van der Waals surface area contributed by atoms with Gasteiger partial charge in [0, 0.05) is 24.3 Å². The van der Waals surface area contributed by atoms with Gasteiger partial charge in [0.25, 0.3) is 5.56 Å². The number of pyridine rings is 1. The van der Waals surface area contributed by atoms with Crippen LogP contribution in [-0.2, 0) is 13.1 Å².